The first kappa shape index (κ1) is 18.0. The number of aliphatic hydroxyl groups excluding tert-OH is 1. The van der Waals surface area contributed by atoms with E-state index in [2.05, 4.69) is 5.32 Å². The maximum absolute atomic E-state index is 12.1. The Bertz CT molecular complexity index is 348. The molecule has 2 amide bonds. The summed E-state index contributed by atoms with van der Waals surface area (Å²) in [4.78, 5) is 25.7. The van der Waals surface area contributed by atoms with E-state index in [1.807, 2.05) is 25.7 Å². The molecule has 0 aromatic rings. The number of likely N-dealkylation sites (tertiary alicyclic amines) is 1. The fourth-order valence-electron chi connectivity index (χ4n) is 2.57. The molecule has 1 fully saturated rings. The molecule has 1 aliphatic heterocycles. The summed E-state index contributed by atoms with van der Waals surface area (Å²) in [5.41, 5.74) is -0.381. The summed E-state index contributed by atoms with van der Waals surface area (Å²) in [6.07, 6.45) is 4.08. The van der Waals surface area contributed by atoms with Crippen LogP contribution in [-0.4, -0.2) is 48.1 Å². The fraction of sp³-hybridized carbons (Fsp3) is 0.875. The van der Waals surface area contributed by atoms with Crippen LogP contribution in [0, 0.1) is 11.3 Å². The molecule has 5 nitrogen and oxygen atoms in total. The first-order valence-corrected chi connectivity index (χ1v) is 8.01. The molecule has 5 heteroatoms. The maximum atomic E-state index is 12.1. The zero-order valence-electron chi connectivity index (χ0n) is 13.7. The zero-order chi connectivity index (χ0) is 15.9. The number of hydrogen-bond acceptors (Lipinski definition) is 3. The summed E-state index contributed by atoms with van der Waals surface area (Å²) in [5.74, 6) is 0.631. The molecule has 1 saturated heterocycles. The van der Waals surface area contributed by atoms with Gasteiger partial charge < -0.3 is 15.3 Å². The Hall–Kier alpha value is -1.10. The smallest absolute Gasteiger partial charge is 0.225 e. The summed E-state index contributed by atoms with van der Waals surface area (Å²) in [7, 11) is 0. The number of nitrogens with one attached hydrogen (secondary N) is 1. The lowest BCUT2D eigenvalue weighted by atomic mass is 9.95. The van der Waals surface area contributed by atoms with Crippen molar-refractivity contribution >= 4 is 11.8 Å². The molecule has 0 aromatic heterocycles. The monoisotopic (exact) mass is 298 g/mol. The average molecular weight is 298 g/mol. The van der Waals surface area contributed by atoms with E-state index in [9.17, 15) is 9.59 Å². The van der Waals surface area contributed by atoms with Crippen LogP contribution in [0.3, 0.4) is 0 Å². The molecule has 0 spiro atoms. The van der Waals surface area contributed by atoms with Gasteiger partial charge in [0.1, 0.15) is 0 Å². The van der Waals surface area contributed by atoms with Crippen molar-refractivity contribution in [3.8, 4) is 0 Å². The SMILES string of the molecule is CC(C)(C)C(=O)NCCCC(=O)N1CCCC(CCO)C1. The van der Waals surface area contributed by atoms with Crippen LogP contribution in [0.1, 0.15) is 52.9 Å². The van der Waals surface area contributed by atoms with E-state index in [-0.39, 0.29) is 23.8 Å². The highest BCUT2D eigenvalue weighted by Gasteiger charge is 2.23. The molecule has 1 heterocycles. The third kappa shape index (κ3) is 6.46. The molecule has 1 atom stereocenters. The average Bonchev–Trinajstić information content (AvgIpc) is 2.42. The molecule has 1 unspecified atom stereocenters. The molecular weight excluding hydrogens is 268 g/mol. The lowest BCUT2D eigenvalue weighted by molar-refractivity contribution is -0.133. The van der Waals surface area contributed by atoms with Gasteiger partial charge in [-0.1, -0.05) is 20.8 Å². The summed E-state index contributed by atoms with van der Waals surface area (Å²) in [6.45, 7) is 7.98. The number of nitrogens with zero attached hydrogens (tertiary/aromatic N) is 1. The van der Waals surface area contributed by atoms with Crippen molar-refractivity contribution in [3.63, 3.8) is 0 Å². The van der Waals surface area contributed by atoms with Gasteiger partial charge in [-0.3, -0.25) is 9.59 Å². The third-order valence-electron chi connectivity index (χ3n) is 3.94. The lowest BCUT2D eigenvalue weighted by Gasteiger charge is -2.32. The van der Waals surface area contributed by atoms with Gasteiger partial charge in [-0.25, -0.2) is 0 Å². The number of rotatable bonds is 6. The van der Waals surface area contributed by atoms with Gasteiger partial charge in [0, 0.05) is 38.1 Å². The molecule has 0 saturated carbocycles. The zero-order valence-corrected chi connectivity index (χ0v) is 13.7. The van der Waals surface area contributed by atoms with Crippen LogP contribution in [0.15, 0.2) is 0 Å². The number of piperidine rings is 1. The predicted octanol–water partition coefficient (Wildman–Crippen LogP) is 1.55. The van der Waals surface area contributed by atoms with Crippen molar-refractivity contribution in [1.29, 1.82) is 0 Å². The van der Waals surface area contributed by atoms with E-state index < -0.39 is 0 Å². The van der Waals surface area contributed by atoms with Crippen molar-refractivity contribution in [2.45, 2.75) is 52.9 Å². The van der Waals surface area contributed by atoms with Crippen molar-refractivity contribution in [2.24, 2.45) is 11.3 Å². The topological polar surface area (TPSA) is 69.6 Å². The van der Waals surface area contributed by atoms with Crippen molar-refractivity contribution in [1.82, 2.24) is 10.2 Å². The van der Waals surface area contributed by atoms with Gasteiger partial charge in [-0.05, 0) is 31.6 Å². The van der Waals surface area contributed by atoms with E-state index in [4.69, 9.17) is 5.11 Å². The van der Waals surface area contributed by atoms with Crippen LogP contribution in [-0.2, 0) is 9.59 Å². The summed E-state index contributed by atoms with van der Waals surface area (Å²) in [6, 6.07) is 0. The van der Waals surface area contributed by atoms with Crippen LogP contribution >= 0.6 is 0 Å². The summed E-state index contributed by atoms with van der Waals surface area (Å²) < 4.78 is 0. The van der Waals surface area contributed by atoms with Crippen molar-refractivity contribution < 1.29 is 14.7 Å². The van der Waals surface area contributed by atoms with E-state index >= 15 is 0 Å². The summed E-state index contributed by atoms with van der Waals surface area (Å²) >= 11 is 0. The number of carbonyl (C=O) groups is 2. The van der Waals surface area contributed by atoms with Crippen molar-refractivity contribution in [2.75, 3.05) is 26.2 Å². The van der Waals surface area contributed by atoms with Crippen molar-refractivity contribution in [3.05, 3.63) is 0 Å². The molecule has 1 rings (SSSR count). The highest BCUT2D eigenvalue weighted by molar-refractivity contribution is 5.81. The molecular formula is C16H30N2O3. The Labute approximate surface area is 128 Å². The Balaban J connectivity index is 2.23. The fourth-order valence-corrected chi connectivity index (χ4v) is 2.57. The minimum absolute atomic E-state index is 0.0240. The molecule has 0 aliphatic carbocycles. The van der Waals surface area contributed by atoms with Gasteiger partial charge in [-0.2, -0.15) is 0 Å². The quantitative estimate of drug-likeness (QED) is 0.731. The predicted molar refractivity (Wildman–Crippen MR) is 82.7 cm³/mol. The van der Waals surface area contributed by atoms with Crippen LogP contribution in [0.25, 0.3) is 0 Å². The molecule has 1 aliphatic rings. The van der Waals surface area contributed by atoms with E-state index in [1.54, 1.807) is 0 Å². The van der Waals surface area contributed by atoms with Crippen LogP contribution in [0.5, 0.6) is 0 Å². The number of amides is 2. The number of carbonyl (C=O) groups excluding carboxylic acids is 2. The van der Waals surface area contributed by atoms with Gasteiger partial charge in [0.15, 0.2) is 0 Å². The van der Waals surface area contributed by atoms with Gasteiger partial charge in [0.05, 0.1) is 0 Å². The molecule has 21 heavy (non-hydrogen) atoms. The van der Waals surface area contributed by atoms with E-state index in [0.717, 1.165) is 32.4 Å². The van der Waals surface area contributed by atoms with Gasteiger partial charge in [-0.15, -0.1) is 0 Å². The first-order chi connectivity index (χ1) is 9.84. The number of hydrogen-bond donors (Lipinski definition) is 2. The molecule has 0 bridgehead atoms. The molecule has 0 aromatic carbocycles. The highest BCUT2D eigenvalue weighted by Crippen LogP contribution is 2.20. The Kier molecular flexibility index (Phi) is 7.15. The van der Waals surface area contributed by atoms with E-state index in [0.29, 0.717) is 25.3 Å². The Morgan fingerprint density at radius 1 is 1.33 bits per heavy atom. The van der Waals surface area contributed by atoms with Gasteiger partial charge >= 0.3 is 0 Å². The minimum atomic E-state index is -0.381. The molecule has 122 valence electrons. The molecule has 2 N–H and O–H groups in total. The normalized spacial score (nSPS) is 19.4. The largest absolute Gasteiger partial charge is 0.396 e. The first-order valence-electron chi connectivity index (χ1n) is 8.01. The number of aliphatic hydroxyl groups is 1. The van der Waals surface area contributed by atoms with Crippen LogP contribution in [0.4, 0.5) is 0 Å². The van der Waals surface area contributed by atoms with Crippen LogP contribution in [0.2, 0.25) is 0 Å². The second kappa shape index (κ2) is 8.37. The Morgan fingerprint density at radius 3 is 2.67 bits per heavy atom. The van der Waals surface area contributed by atoms with E-state index in [1.165, 1.54) is 0 Å². The second-order valence-corrected chi connectivity index (χ2v) is 6.97. The standard InChI is InChI=1S/C16H30N2O3/c1-16(2,3)15(21)17-9-4-7-14(20)18-10-5-6-13(12-18)8-11-19/h13,19H,4-12H2,1-3H3,(H,17,21). The second-order valence-electron chi connectivity index (χ2n) is 6.97. The highest BCUT2D eigenvalue weighted by atomic mass is 16.3. The van der Waals surface area contributed by atoms with Gasteiger partial charge in [0.2, 0.25) is 11.8 Å². The lowest BCUT2D eigenvalue weighted by Crippen LogP contribution is -2.40. The molecule has 0 radical (unpaired) electrons. The Morgan fingerprint density at radius 2 is 2.05 bits per heavy atom. The third-order valence-corrected chi connectivity index (χ3v) is 3.94. The maximum Gasteiger partial charge on any atom is 0.225 e. The van der Waals surface area contributed by atoms with Gasteiger partial charge in [0.25, 0.3) is 0 Å². The minimum Gasteiger partial charge on any atom is -0.396 e. The summed E-state index contributed by atoms with van der Waals surface area (Å²) in [5, 5.41) is 11.9. The van der Waals surface area contributed by atoms with Crippen LogP contribution < -0.4 is 5.32 Å².